The molecule has 0 amide bonds. The summed E-state index contributed by atoms with van der Waals surface area (Å²) in [5.74, 6) is 0.323. The lowest BCUT2D eigenvalue weighted by Crippen LogP contribution is -2.35. The third-order valence-electron chi connectivity index (χ3n) is 3.52. The Labute approximate surface area is 121 Å². The molecule has 1 rings (SSSR count). The molecule has 3 nitrogen and oxygen atoms in total. The normalized spacial score (nSPS) is 13.8. The highest BCUT2D eigenvalue weighted by Gasteiger charge is 2.26. The molecule has 0 aliphatic rings. The number of halogens is 1. The number of hydrogen-bond donors (Lipinski definition) is 0. The zero-order valence-electron chi connectivity index (χ0n) is 12.0. The summed E-state index contributed by atoms with van der Waals surface area (Å²) in [5, 5.41) is 0. The average molecular weight is 304 g/mol. The van der Waals surface area contributed by atoms with Gasteiger partial charge in [0.2, 0.25) is 10.0 Å². The van der Waals surface area contributed by atoms with Crippen LogP contribution >= 0.6 is 11.6 Å². The lowest BCUT2D eigenvalue weighted by molar-refractivity contribution is 0.368. The van der Waals surface area contributed by atoms with E-state index >= 15 is 0 Å². The summed E-state index contributed by atoms with van der Waals surface area (Å²) in [5.41, 5.74) is 1.60. The molecule has 0 aliphatic heterocycles. The van der Waals surface area contributed by atoms with E-state index in [1.165, 1.54) is 4.31 Å². The van der Waals surface area contributed by atoms with Crippen LogP contribution in [0, 0.1) is 6.92 Å². The number of rotatable bonds is 6. The molecule has 0 heterocycles. The largest absolute Gasteiger partial charge is 0.243 e. The van der Waals surface area contributed by atoms with Crippen molar-refractivity contribution < 1.29 is 8.42 Å². The smallest absolute Gasteiger partial charge is 0.207 e. The van der Waals surface area contributed by atoms with E-state index in [2.05, 4.69) is 6.92 Å². The summed E-state index contributed by atoms with van der Waals surface area (Å²) in [6.07, 6.45) is 1.81. The van der Waals surface area contributed by atoms with Gasteiger partial charge in [0, 0.05) is 19.0 Å². The number of alkyl halides is 1. The first-order chi connectivity index (χ1) is 8.86. The van der Waals surface area contributed by atoms with E-state index in [0.717, 1.165) is 24.0 Å². The van der Waals surface area contributed by atoms with Crippen LogP contribution in [0.3, 0.4) is 0 Å². The fraction of sp³-hybridized carbons (Fsp3) is 0.571. The Bertz CT molecular complexity index is 528. The van der Waals surface area contributed by atoms with E-state index in [-0.39, 0.29) is 6.04 Å². The van der Waals surface area contributed by atoms with Crippen molar-refractivity contribution in [2.24, 2.45) is 0 Å². The Kier molecular flexibility index (Phi) is 5.83. The fourth-order valence-corrected chi connectivity index (χ4v) is 4.02. The number of nitrogens with zero attached hydrogens (tertiary/aromatic N) is 1. The third kappa shape index (κ3) is 3.50. The maximum Gasteiger partial charge on any atom is 0.243 e. The van der Waals surface area contributed by atoms with Crippen LogP contribution in [0.1, 0.15) is 37.8 Å². The molecule has 5 heteroatoms. The lowest BCUT2D eigenvalue weighted by Gasteiger charge is -2.25. The summed E-state index contributed by atoms with van der Waals surface area (Å²) < 4.78 is 26.7. The van der Waals surface area contributed by atoms with Gasteiger partial charge in [-0.15, -0.1) is 11.6 Å². The first-order valence-corrected chi connectivity index (χ1v) is 8.46. The van der Waals surface area contributed by atoms with E-state index in [1.807, 2.05) is 19.9 Å². The van der Waals surface area contributed by atoms with Crippen LogP contribution in [0.5, 0.6) is 0 Å². The van der Waals surface area contributed by atoms with Crippen molar-refractivity contribution in [2.75, 3.05) is 7.05 Å². The van der Waals surface area contributed by atoms with Crippen LogP contribution in [0.4, 0.5) is 0 Å². The van der Waals surface area contributed by atoms with Gasteiger partial charge in [-0.3, -0.25) is 0 Å². The second kappa shape index (κ2) is 6.73. The molecule has 0 fully saturated rings. The summed E-state index contributed by atoms with van der Waals surface area (Å²) in [4.78, 5) is 0.358. The quantitative estimate of drug-likeness (QED) is 0.754. The molecule has 1 atom stereocenters. The highest BCUT2D eigenvalue weighted by atomic mass is 35.5. The van der Waals surface area contributed by atoms with E-state index in [9.17, 15) is 8.42 Å². The molecule has 0 saturated carbocycles. The van der Waals surface area contributed by atoms with Gasteiger partial charge in [0.25, 0.3) is 0 Å². The number of sulfonamides is 1. The second-order valence-electron chi connectivity index (χ2n) is 4.83. The van der Waals surface area contributed by atoms with Gasteiger partial charge < -0.3 is 0 Å². The lowest BCUT2D eigenvalue weighted by atomic mass is 10.1. The van der Waals surface area contributed by atoms with Crippen LogP contribution in [0.25, 0.3) is 0 Å². The van der Waals surface area contributed by atoms with Crippen molar-refractivity contribution in [3.8, 4) is 0 Å². The molecule has 0 saturated heterocycles. The molecule has 0 N–H and O–H groups in total. The average Bonchev–Trinajstić information content (AvgIpc) is 2.38. The van der Waals surface area contributed by atoms with Gasteiger partial charge in [-0.05, 0) is 37.5 Å². The van der Waals surface area contributed by atoms with Crippen molar-refractivity contribution in [3.05, 3.63) is 29.3 Å². The Balaban J connectivity index is 3.20. The highest BCUT2D eigenvalue weighted by Crippen LogP contribution is 2.24. The minimum absolute atomic E-state index is 0.00550. The molecule has 19 heavy (non-hydrogen) atoms. The Hall–Kier alpha value is -0.580. The van der Waals surface area contributed by atoms with Crippen molar-refractivity contribution in [3.63, 3.8) is 0 Å². The molecule has 1 aromatic rings. The maximum absolute atomic E-state index is 12.6. The number of hydrogen-bond acceptors (Lipinski definition) is 2. The molecule has 1 unspecified atom stereocenters. The van der Waals surface area contributed by atoms with Gasteiger partial charge in [0.15, 0.2) is 0 Å². The van der Waals surface area contributed by atoms with Crippen molar-refractivity contribution >= 4 is 21.6 Å². The predicted octanol–water partition coefficient (Wildman–Crippen LogP) is 3.54. The zero-order valence-corrected chi connectivity index (χ0v) is 13.6. The van der Waals surface area contributed by atoms with Crippen LogP contribution < -0.4 is 0 Å². The summed E-state index contributed by atoms with van der Waals surface area (Å²) in [6, 6.07) is 5.25. The molecule has 0 aromatic heterocycles. The molecule has 0 spiro atoms. The third-order valence-corrected chi connectivity index (χ3v) is 5.93. The maximum atomic E-state index is 12.6. The fourth-order valence-electron chi connectivity index (χ4n) is 2.08. The summed E-state index contributed by atoms with van der Waals surface area (Å²) >= 11 is 5.84. The summed E-state index contributed by atoms with van der Waals surface area (Å²) in [6.45, 7) is 5.79. The molecule has 0 aliphatic carbocycles. The topological polar surface area (TPSA) is 37.4 Å². The minimum Gasteiger partial charge on any atom is -0.207 e. The van der Waals surface area contributed by atoms with Gasteiger partial charge in [-0.2, -0.15) is 4.31 Å². The molecule has 1 aromatic carbocycles. The zero-order chi connectivity index (χ0) is 14.6. The monoisotopic (exact) mass is 303 g/mol. The van der Waals surface area contributed by atoms with Crippen molar-refractivity contribution in [1.29, 1.82) is 0 Å². The second-order valence-corrected chi connectivity index (χ2v) is 7.07. The predicted molar refractivity (Wildman–Crippen MR) is 80.1 cm³/mol. The first-order valence-electron chi connectivity index (χ1n) is 6.48. The first kappa shape index (κ1) is 16.5. The van der Waals surface area contributed by atoms with Gasteiger partial charge >= 0.3 is 0 Å². The molecule has 0 radical (unpaired) electrons. The Morgan fingerprint density at radius 1 is 1.37 bits per heavy atom. The standard InChI is InChI=1S/C14H22ClNO2S/c1-5-7-11(2)16(4)19(17,18)14-9-6-8-13(10-15)12(14)3/h6,8-9,11H,5,7,10H2,1-4H3. The van der Waals surface area contributed by atoms with E-state index in [0.29, 0.717) is 10.8 Å². The molecule has 108 valence electrons. The van der Waals surface area contributed by atoms with Crippen molar-refractivity contribution in [2.45, 2.75) is 50.4 Å². The molecular weight excluding hydrogens is 282 g/mol. The Morgan fingerprint density at radius 2 is 2.00 bits per heavy atom. The number of benzene rings is 1. The van der Waals surface area contributed by atoms with Gasteiger partial charge in [-0.25, -0.2) is 8.42 Å². The molecule has 0 bridgehead atoms. The van der Waals surface area contributed by atoms with Crippen molar-refractivity contribution in [1.82, 2.24) is 4.31 Å². The molecular formula is C14H22ClNO2S. The van der Waals surface area contributed by atoms with Gasteiger partial charge in [0.1, 0.15) is 0 Å². The van der Waals surface area contributed by atoms with Crippen LogP contribution in [0.15, 0.2) is 23.1 Å². The highest BCUT2D eigenvalue weighted by molar-refractivity contribution is 7.89. The van der Waals surface area contributed by atoms with E-state index < -0.39 is 10.0 Å². The van der Waals surface area contributed by atoms with Crippen LogP contribution in [0.2, 0.25) is 0 Å². The minimum atomic E-state index is -3.45. The van der Waals surface area contributed by atoms with Gasteiger partial charge in [0.05, 0.1) is 4.90 Å². The van der Waals surface area contributed by atoms with Crippen LogP contribution in [-0.4, -0.2) is 25.8 Å². The SMILES string of the molecule is CCCC(C)N(C)S(=O)(=O)c1cccc(CCl)c1C. The van der Waals surface area contributed by atoms with E-state index in [4.69, 9.17) is 11.6 Å². The van der Waals surface area contributed by atoms with Gasteiger partial charge in [-0.1, -0.05) is 25.5 Å². The van der Waals surface area contributed by atoms with Crippen LogP contribution in [-0.2, 0) is 15.9 Å². The summed E-state index contributed by atoms with van der Waals surface area (Å²) in [7, 11) is -1.81. The Morgan fingerprint density at radius 3 is 2.53 bits per heavy atom. The van der Waals surface area contributed by atoms with E-state index in [1.54, 1.807) is 19.2 Å².